The van der Waals surface area contributed by atoms with E-state index in [2.05, 4.69) is 0 Å². The number of likely N-dealkylation sites (tertiary alicyclic amines) is 1. The standard InChI is InChI=1S/C20H21F3N2O3/c21-20(22,23)15-4-3-6-17(12-15)25-13-14(7-8-18(25)27)19(28)24-10-2-1-5-16(24)9-11-26/h3-4,6-8,12-13,16,26H,1-2,5,9-11H2. The molecule has 1 saturated heterocycles. The van der Waals surface area contributed by atoms with Crippen LogP contribution in [0.4, 0.5) is 13.2 Å². The molecule has 0 spiro atoms. The van der Waals surface area contributed by atoms with Crippen molar-refractivity contribution in [3.8, 4) is 5.69 Å². The lowest BCUT2D eigenvalue weighted by Gasteiger charge is -2.35. The number of aliphatic hydroxyl groups excluding tert-OH is 1. The van der Waals surface area contributed by atoms with Crippen LogP contribution >= 0.6 is 0 Å². The van der Waals surface area contributed by atoms with Crippen molar-refractivity contribution in [2.75, 3.05) is 13.2 Å². The summed E-state index contributed by atoms with van der Waals surface area (Å²) in [5, 5.41) is 9.23. The number of piperidine rings is 1. The van der Waals surface area contributed by atoms with Crippen LogP contribution in [0.2, 0.25) is 0 Å². The highest BCUT2D eigenvalue weighted by atomic mass is 19.4. The maximum Gasteiger partial charge on any atom is 0.416 e. The summed E-state index contributed by atoms with van der Waals surface area (Å²) in [5.74, 6) is -0.293. The normalized spacial score (nSPS) is 17.6. The predicted molar refractivity (Wildman–Crippen MR) is 97.4 cm³/mol. The van der Waals surface area contributed by atoms with E-state index in [1.165, 1.54) is 30.5 Å². The van der Waals surface area contributed by atoms with Crippen LogP contribution in [-0.4, -0.2) is 39.7 Å². The first-order valence-corrected chi connectivity index (χ1v) is 9.13. The van der Waals surface area contributed by atoms with Gasteiger partial charge in [0.15, 0.2) is 0 Å². The van der Waals surface area contributed by atoms with Crippen LogP contribution in [0.25, 0.3) is 5.69 Å². The van der Waals surface area contributed by atoms with Gasteiger partial charge in [-0.1, -0.05) is 6.07 Å². The van der Waals surface area contributed by atoms with Gasteiger partial charge in [-0.3, -0.25) is 14.2 Å². The zero-order chi connectivity index (χ0) is 20.3. The molecule has 1 aromatic carbocycles. The fourth-order valence-corrected chi connectivity index (χ4v) is 3.53. The van der Waals surface area contributed by atoms with Gasteiger partial charge in [0.25, 0.3) is 11.5 Å². The lowest BCUT2D eigenvalue weighted by molar-refractivity contribution is -0.137. The predicted octanol–water partition coefficient (Wildman–Crippen LogP) is 3.23. The smallest absolute Gasteiger partial charge is 0.396 e. The molecule has 1 fully saturated rings. The minimum atomic E-state index is -4.53. The topological polar surface area (TPSA) is 62.5 Å². The molecule has 1 unspecified atom stereocenters. The van der Waals surface area contributed by atoms with Crippen molar-refractivity contribution in [2.24, 2.45) is 0 Å². The van der Waals surface area contributed by atoms with Gasteiger partial charge in [-0.15, -0.1) is 0 Å². The lowest BCUT2D eigenvalue weighted by atomic mass is 9.98. The first-order chi connectivity index (χ1) is 13.3. The number of halogens is 3. The number of alkyl halides is 3. The lowest BCUT2D eigenvalue weighted by Crippen LogP contribution is -2.44. The van der Waals surface area contributed by atoms with Crippen LogP contribution in [0.5, 0.6) is 0 Å². The third-order valence-electron chi connectivity index (χ3n) is 4.96. The molecule has 150 valence electrons. The van der Waals surface area contributed by atoms with E-state index < -0.39 is 17.3 Å². The number of pyridine rings is 1. The second-order valence-corrected chi connectivity index (χ2v) is 6.83. The molecule has 0 saturated carbocycles. The van der Waals surface area contributed by atoms with E-state index in [9.17, 15) is 27.9 Å². The van der Waals surface area contributed by atoms with Gasteiger partial charge in [-0.05, 0) is 49.9 Å². The first-order valence-electron chi connectivity index (χ1n) is 9.13. The third-order valence-corrected chi connectivity index (χ3v) is 4.96. The van der Waals surface area contributed by atoms with E-state index in [1.54, 1.807) is 4.90 Å². The Bertz CT molecular complexity index is 906. The van der Waals surface area contributed by atoms with Gasteiger partial charge in [0, 0.05) is 37.1 Å². The molecule has 0 aliphatic carbocycles. The highest BCUT2D eigenvalue weighted by Gasteiger charge is 2.31. The van der Waals surface area contributed by atoms with Crippen LogP contribution in [0, 0.1) is 0 Å². The summed E-state index contributed by atoms with van der Waals surface area (Å²) in [6.07, 6.45) is -0.166. The Morgan fingerprint density at radius 2 is 1.96 bits per heavy atom. The molecular formula is C20H21F3N2O3. The summed E-state index contributed by atoms with van der Waals surface area (Å²) in [4.78, 5) is 26.9. The molecule has 1 atom stereocenters. The van der Waals surface area contributed by atoms with E-state index in [0.29, 0.717) is 13.0 Å². The minimum absolute atomic E-state index is 0.0296. The molecule has 1 aromatic heterocycles. The van der Waals surface area contributed by atoms with Crippen molar-refractivity contribution in [3.05, 3.63) is 64.1 Å². The van der Waals surface area contributed by atoms with Crippen molar-refractivity contribution in [2.45, 2.75) is 37.9 Å². The highest BCUT2D eigenvalue weighted by Crippen LogP contribution is 2.30. The van der Waals surface area contributed by atoms with E-state index >= 15 is 0 Å². The second-order valence-electron chi connectivity index (χ2n) is 6.83. The number of carbonyl (C=O) groups excluding carboxylic acids is 1. The van der Waals surface area contributed by atoms with Gasteiger partial charge < -0.3 is 10.0 Å². The summed E-state index contributed by atoms with van der Waals surface area (Å²) < 4.78 is 40.0. The summed E-state index contributed by atoms with van der Waals surface area (Å²) in [6.45, 7) is 0.518. The summed E-state index contributed by atoms with van der Waals surface area (Å²) in [7, 11) is 0. The van der Waals surface area contributed by atoms with E-state index in [1.807, 2.05) is 0 Å². The van der Waals surface area contributed by atoms with Gasteiger partial charge in [0.1, 0.15) is 0 Å². The second kappa shape index (κ2) is 8.18. The molecular weight excluding hydrogens is 373 g/mol. The Kier molecular flexibility index (Phi) is 5.88. The number of aliphatic hydroxyl groups is 1. The molecule has 1 N–H and O–H groups in total. The van der Waals surface area contributed by atoms with Gasteiger partial charge in [0.2, 0.25) is 0 Å². The van der Waals surface area contributed by atoms with E-state index in [0.717, 1.165) is 36.0 Å². The van der Waals surface area contributed by atoms with Crippen molar-refractivity contribution < 1.29 is 23.1 Å². The number of aromatic nitrogens is 1. The maximum atomic E-state index is 13.0. The van der Waals surface area contributed by atoms with Crippen LogP contribution in [0.1, 0.15) is 41.6 Å². The average molecular weight is 394 g/mol. The quantitative estimate of drug-likeness (QED) is 0.866. The van der Waals surface area contributed by atoms with Crippen molar-refractivity contribution >= 4 is 5.91 Å². The zero-order valence-corrected chi connectivity index (χ0v) is 15.2. The number of carbonyl (C=O) groups is 1. The Morgan fingerprint density at radius 1 is 1.18 bits per heavy atom. The molecule has 0 radical (unpaired) electrons. The molecule has 1 amide bonds. The van der Waals surface area contributed by atoms with Crippen LogP contribution in [-0.2, 0) is 6.18 Å². The van der Waals surface area contributed by atoms with Gasteiger partial charge in [0.05, 0.1) is 11.1 Å². The van der Waals surface area contributed by atoms with Crippen molar-refractivity contribution in [1.29, 1.82) is 0 Å². The minimum Gasteiger partial charge on any atom is -0.396 e. The van der Waals surface area contributed by atoms with Crippen LogP contribution in [0.3, 0.4) is 0 Å². The molecule has 2 aromatic rings. The Morgan fingerprint density at radius 3 is 2.68 bits per heavy atom. The highest BCUT2D eigenvalue weighted by molar-refractivity contribution is 5.94. The van der Waals surface area contributed by atoms with E-state index in [-0.39, 0.29) is 29.8 Å². The number of benzene rings is 1. The maximum absolute atomic E-state index is 13.0. The SMILES string of the molecule is O=C(c1ccc(=O)n(-c2cccc(C(F)(F)F)c2)c1)N1CCCCC1CCO. The number of nitrogens with zero attached hydrogens (tertiary/aromatic N) is 2. The number of hydrogen-bond donors (Lipinski definition) is 1. The van der Waals surface area contributed by atoms with Gasteiger partial charge >= 0.3 is 6.18 Å². The van der Waals surface area contributed by atoms with Crippen LogP contribution in [0.15, 0.2) is 47.4 Å². The number of amides is 1. The third kappa shape index (κ3) is 4.27. The van der Waals surface area contributed by atoms with Crippen LogP contribution < -0.4 is 5.56 Å². The van der Waals surface area contributed by atoms with Gasteiger partial charge in [-0.2, -0.15) is 13.2 Å². The Hall–Kier alpha value is -2.61. The average Bonchev–Trinajstić information content (AvgIpc) is 2.68. The fourth-order valence-electron chi connectivity index (χ4n) is 3.53. The van der Waals surface area contributed by atoms with Crippen molar-refractivity contribution in [3.63, 3.8) is 0 Å². The molecule has 1 aliphatic heterocycles. The van der Waals surface area contributed by atoms with Gasteiger partial charge in [-0.25, -0.2) is 0 Å². The fraction of sp³-hybridized carbons (Fsp3) is 0.400. The summed E-state index contributed by atoms with van der Waals surface area (Å²) in [5.41, 5.74) is -1.13. The largest absolute Gasteiger partial charge is 0.416 e. The monoisotopic (exact) mass is 394 g/mol. The number of rotatable bonds is 4. The molecule has 0 bridgehead atoms. The molecule has 1 aliphatic rings. The number of hydrogen-bond acceptors (Lipinski definition) is 3. The summed E-state index contributed by atoms with van der Waals surface area (Å²) >= 11 is 0. The van der Waals surface area contributed by atoms with Crippen molar-refractivity contribution in [1.82, 2.24) is 9.47 Å². The first kappa shape index (κ1) is 20.1. The molecule has 3 rings (SSSR count). The van der Waals surface area contributed by atoms with E-state index in [4.69, 9.17) is 0 Å². The molecule has 28 heavy (non-hydrogen) atoms. The molecule has 8 heteroatoms. The Labute approximate surface area is 160 Å². The zero-order valence-electron chi connectivity index (χ0n) is 15.2. The Balaban J connectivity index is 1.96. The molecule has 5 nitrogen and oxygen atoms in total. The summed E-state index contributed by atoms with van der Waals surface area (Å²) in [6, 6.07) is 6.90. The molecule has 2 heterocycles.